The molecule has 0 aliphatic heterocycles. The van der Waals surface area contributed by atoms with Gasteiger partial charge in [0, 0.05) is 19.3 Å². The van der Waals surface area contributed by atoms with Crippen LogP contribution in [0.1, 0.15) is 265 Å². The molecule has 0 bridgehead atoms. The van der Waals surface area contributed by atoms with Gasteiger partial charge in [-0.2, -0.15) is 0 Å². The lowest BCUT2D eigenvalue weighted by Gasteiger charge is -2.18. The lowest BCUT2D eigenvalue weighted by atomic mass is 10.0. The van der Waals surface area contributed by atoms with Gasteiger partial charge >= 0.3 is 17.9 Å². The summed E-state index contributed by atoms with van der Waals surface area (Å²) in [4.78, 5) is 38.0. The maximum Gasteiger partial charge on any atom is 0.306 e. The summed E-state index contributed by atoms with van der Waals surface area (Å²) in [7, 11) is 0. The van der Waals surface area contributed by atoms with Crippen molar-refractivity contribution in [3.8, 4) is 0 Å². The Morgan fingerprint density at radius 3 is 1.00 bits per heavy atom. The third-order valence-corrected chi connectivity index (χ3v) is 11.7. The molecular weight excluding hydrogens is 805 g/mol. The molecule has 65 heavy (non-hydrogen) atoms. The summed E-state index contributed by atoms with van der Waals surface area (Å²) < 4.78 is 16.8. The standard InChI is InChI=1S/C59H102O6/c1-4-7-10-13-16-19-22-25-28-30-32-34-37-40-43-46-49-52-58(61)64-55-56(54-63-57(60)51-48-45-42-39-36-33-27-24-21-18-15-12-9-6-3)65-59(62)53-50-47-44-41-38-35-31-29-26-23-20-17-14-11-8-5-2/h15-16,18-19,24-25,27-28,32,34,40,43,56H,4-14,17,20-23,26,29-31,33,35-39,41-42,44-55H2,1-3H3/b18-15+,19-16+,27-24+,28-25+,34-32+,43-40+/t56-/m1/s1. The van der Waals surface area contributed by atoms with Gasteiger partial charge in [0.15, 0.2) is 6.10 Å². The van der Waals surface area contributed by atoms with Crippen LogP contribution >= 0.6 is 0 Å². The number of esters is 3. The van der Waals surface area contributed by atoms with E-state index in [1.807, 2.05) is 0 Å². The van der Waals surface area contributed by atoms with E-state index in [0.717, 1.165) is 89.9 Å². The molecule has 0 saturated carbocycles. The molecule has 0 fully saturated rings. The van der Waals surface area contributed by atoms with Crippen LogP contribution in [-0.4, -0.2) is 37.2 Å². The molecule has 0 N–H and O–H groups in total. The minimum atomic E-state index is -0.801. The molecule has 0 heterocycles. The van der Waals surface area contributed by atoms with Crippen molar-refractivity contribution in [3.05, 3.63) is 72.9 Å². The predicted octanol–water partition coefficient (Wildman–Crippen LogP) is 18.2. The molecule has 0 aliphatic carbocycles. The summed E-state index contributed by atoms with van der Waals surface area (Å²) in [5, 5.41) is 0. The molecule has 0 saturated heterocycles. The van der Waals surface area contributed by atoms with Crippen LogP contribution in [0.2, 0.25) is 0 Å². The van der Waals surface area contributed by atoms with Gasteiger partial charge < -0.3 is 14.2 Å². The largest absolute Gasteiger partial charge is 0.462 e. The van der Waals surface area contributed by atoms with E-state index < -0.39 is 6.10 Å². The molecule has 0 radical (unpaired) electrons. The van der Waals surface area contributed by atoms with Crippen molar-refractivity contribution in [2.45, 2.75) is 271 Å². The third-order valence-electron chi connectivity index (χ3n) is 11.7. The van der Waals surface area contributed by atoms with E-state index >= 15 is 0 Å². The Balaban J connectivity index is 4.47. The first-order chi connectivity index (χ1) is 32.0. The van der Waals surface area contributed by atoms with E-state index in [1.165, 1.54) is 128 Å². The Bertz CT molecular complexity index is 1230. The van der Waals surface area contributed by atoms with Gasteiger partial charge in [-0.05, 0) is 83.5 Å². The van der Waals surface area contributed by atoms with Crippen molar-refractivity contribution in [1.82, 2.24) is 0 Å². The highest BCUT2D eigenvalue weighted by Gasteiger charge is 2.19. The minimum Gasteiger partial charge on any atom is -0.462 e. The summed E-state index contributed by atoms with van der Waals surface area (Å²) in [6, 6.07) is 0. The van der Waals surface area contributed by atoms with Crippen molar-refractivity contribution in [2.24, 2.45) is 0 Å². The summed E-state index contributed by atoms with van der Waals surface area (Å²) in [5.41, 5.74) is 0. The topological polar surface area (TPSA) is 78.9 Å². The van der Waals surface area contributed by atoms with E-state index in [9.17, 15) is 14.4 Å². The van der Waals surface area contributed by atoms with Crippen molar-refractivity contribution in [2.75, 3.05) is 13.2 Å². The number of allylic oxidation sites excluding steroid dienone is 12. The molecule has 6 nitrogen and oxygen atoms in total. The normalized spacial score (nSPS) is 12.6. The van der Waals surface area contributed by atoms with Crippen molar-refractivity contribution < 1.29 is 28.6 Å². The van der Waals surface area contributed by atoms with E-state index in [1.54, 1.807) is 0 Å². The molecule has 0 aliphatic rings. The maximum absolute atomic E-state index is 12.8. The highest BCUT2D eigenvalue weighted by molar-refractivity contribution is 5.71. The zero-order valence-electron chi connectivity index (χ0n) is 42.7. The van der Waals surface area contributed by atoms with Crippen LogP contribution in [0.15, 0.2) is 72.9 Å². The average Bonchev–Trinajstić information content (AvgIpc) is 3.30. The predicted molar refractivity (Wildman–Crippen MR) is 279 cm³/mol. The molecule has 0 unspecified atom stereocenters. The average molecular weight is 907 g/mol. The van der Waals surface area contributed by atoms with Crippen LogP contribution < -0.4 is 0 Å². The molecule has 0 aromatic rings. The van der Waals surface area contributed by atoms with Crippen LogP contribution in [0.25, 0.3) is 0 Å². The van der Waals surface area contributed by atoms with Crippen LogP contribution in [0.4, 0.5) is 0 Å². The Labute approximate surface area is 402 Å². The van der Waals surface area contributed by atoms with Crippen LogP contribution in [-0.2, 0) is 28.6 Å². The fourth-order valence-corrected chi connectivity index (χ4v) is 7.51. The van der Waals surface area contributed by atoms with E-state index in [4.69, 9.17) is 14.2 Å². The highest BCUT2D eigenvalue weighted by Crippen LogP contribution is 2.15. The zero-order valence-corrected chi connectivity index (χ0v) is 42.7. The Hall–Kier alpha value is -3.15. The number of hydrogen-bond acceptors (Lipinski definition) is 6. The molecule has 374 valence electrons. The molecule has 6 heteroatoms. The number of carbonyl (C=O) groups is 3. The van der Waals surface area contributed by atoms with Gasteiger partial charge in [0.25, 0.3) is 0 Å². The fourth-order valence-electron chi connectivity index (χ4n) is 7.51. The molecular formula is C59H102O6. The van der Waals surface area contributed by atoms with Gasteiger partial charge in [-0.3, -0.25) is 14.4 Å². The van der Waals surface area contributed by atoms with Crippen molar-refractivity contribution in [3.63, 3.8) is 0 Å². The number of carbonyl (C=O) groups excluding carboxylic acids is 3. The van der Waals surface area contributed by atoms with Gasteiger partial charge in [0.2, 0.25) is 0 Å². The summed E-state index contributed by atoms with van der Waals surface area (Å²) >= 11 is 0. The Kier molecular flexibility index (Phi) is 50.9. The number of unbranched alkanes of at least 4 members (excludes halogenated alkanes) is 26. The molecule has 0 amide bonds. The first kappa shape index (κ1) is 61.9. The Morgan fingerprint density at radius 2 is 0.585 bits per heavy atom. The maximum atomic E-state index is 12.8. The van der Waals surface area contributed by atoms with Gasteiger partial charge in [-0.25, -0.2) is 0 Å². The molecule has 0 spiro atoms. The summed E-state index contributed by atoms with van der Waals surface area (Å²) in [6.07, 6.45) is 67.4. The number of hydrogen-bond donors (Lipinski definition) is 0. The first-order valence-electron chi connectivity index (χ1n) is 27.4. The smallest absolute Gasteiger partial charge is 0.306 e. The van der Waals surface area contributed by atoms with Gasteiger partial charge in [0.05, 0.1) is 0 Å². The van der Waals surface area contributed by atoms with Crippen molar-refractivity contribution in [1.29, 1.82) is 0 Å². The van der Waals surface area contributed by atoms with Crippen LogP contribution in [0.3, 0.4) is 0 Å². The number of rotatable bonds is 49. The second kappa shape index (κ2) is 53.5. The molecule has 0 rings (SSSR count). The van der Waals surface area contributed by atoms with E-state index in [-0.39, 0.29) is 37.5 Å². The van der Waals surface area contributed by atoms with E-state index in [2.05, 4.69) is 93.7 Å². The summed E-state index contributed by atoms with van der Waals surface area (Å²) in [6.45, 7) is 6.53. The van der Waals surface area contributed by atoms with Crippen molar-refractivity contribution >= 4 is 17.9 Å². The van der Waals surface area contributed by atoms with Gasteiger partial charge in [-0.15, -0.1) is 0 Å². The quantitative estimate of drug-likeness (QED) is 0.0262. The lowest BCUT2D eigenvalue weighted by molar-refractivity contribution is -0.167. The lowest BCUT2D eigenvalue weighted by Crippen LogP contribution is -2.30. The third kappa shape index (κ3) is 51.7. The van der Waals surface area contributed by atoms with Gasteiger partial charge in [0.1, 0.15) is 13.2 Å². The fraction of sp³-hybridized carbons (Fsp3) is 0.746. The monoisotopic (exact) mass is 907 g/mol. The second-order valence-electron chi connectivity index (χ2n) is 18.1. The minimum absolute atomic E-state index is 0.0981. The molecule has 1 atom stereocenters. The first-order valence-corrected chi connectivity index (χ1v) is 27.4. The van der Waals surface area contributed by atoms with Crippen LogP contribution in [0, 0.1) is 0 Å². The second-order valence-corrected chi connectivity index (χ2v) is 18.1. The molecule has 0 aromatic carbocycles. The summed E-state index contributed by atoms with van der Waals surface area (Å²) in [5.74, 6) is -0.962. The highest BCUT2D eigenvalue weighted by atomic mass is 16.6. The molecule has 0 aromatic heterocycles. The zero-order chi connectivity index (χ0) is 47.2. The van der Waals surface area contributed by atoms with Crippen LogP contribution in [0.5, 0.6) is 0 Å². The van der Waals surface area contributed by atoms with E-state index in [0.29, 0.717) is 19.3 Å². The van der Waals surface area contributed by atoms with Gasteiger partial charge in [-0.1, -0.05) is 235 Å². The Morgan fingerprint density at radius 1 is 0.308 bits per heavy atom. The number of ether oxygens (including phenoxy) is 3. The SMILES string of the molecule is CCCC/C=C/C/C=C/CCCCCCCC(=O)OC[C@H](COC(=O)CCC/C=C/C/C=C/C/C=C/C/C=C/CCCCC)OC(=O)CCCCCCCCCCCCCCCCCC.